The molecule has 2 aromatic carbocycles. The van der Waals surface area contributed by atoms with E-state index in [9.17, 15) is 39.9 Å². The molecule has 2 aliphatic heterocycles. The summed E-state index contributed by atoms with van der Waals surface area (Å²) < 4.78 is 22.4. The summed E-state index contributed by atoms with van der Waals surface area (Å²) in [4.78, 5) is 42.8. The van der Waals surface area contributed by atoms with Gasteiger partial charge in [0.2, 0.25) is 12.1 Å². The highest BCUT2D eigenvalue weighted by atomic mass is 16.7. The summed E-state index contributed by atoms with van der Waals surface area (Å²) >= 11 is 0. The summed E-state index contributed by atoms with van der Waals surface area (Å²) in [5, 5.41) is 56.3. The molecule has 1 fully saturated rings. The first-order valence-electron chi connectivity index (χ1n) is 13.7. The number of esters is 1. The molecule has 43 heavy (non-hydrogen) atoms. The molecule has 13 heteroatoms. The van der Waals surface area contributed by atoms with Gasteiger partial charge in [0.15, 0.2) is 5.78 Å². The zero-order valence-corrected chi connectivity index (χ0v) is 24.4. The van der Waals surface area contributed by atoms with Crippen molar-refractivity contribution in [3.8, 4) is 17.2 Å². The molecule has 0 radical (unpaired) electrons. The minimum absolute atomic E-state index is 0.0394. The second kappa shape index (κ2) is 9.45. The van der Waals surface area contributed by atoms with Crippen molar-refractivity contribution >= 4 is 17.5 Å². The number of benzene rings is 2. The Morgan fingerprint density at radius 1 is 1.05 bits per heavy atom. The van der Waals surface area contributed by atoms with Crippen LogP contribution in [0, 0.1) is 0 Å². The predicted molar refractivity (Wildman–Crippen MR) is 145 cm³/mol. The van der Waals surface area contributed by atoms with Gasteiger partial charge in [-0.05, 0) is 45.6 Å². The van der Waals surface area contributed by atoms with Crippen LogP contribution in [0.4, 0.5) is 0 Å². The fourth-order valence-corrected chi connectivity index (χ4v) is 7.24. The van der Waals surface area contributed by atoms with Gasteiger partial charge in [-0.1, -0.05) is 0 Å². The average molecular weight is 600 g/mol. The Hall–Kier alpha value is -3.59. The number of ketones is 2. The largest absolute Gasteiger partial charge is 0.507 e. The van der Waals surface area contributed by atoms with E-state index >= 15 is 0 Å². The number of fused-ring (bicyclic) bond motifs is 8. The number of aliphatic hydroxyl groups excluding tert-OH is 2. The number of rotatable bonds is 3. The zero-order valence-electron chi connectivity index (χ0n) is 24.4. The lowest BCUT2D eigenvalue weighted by atomic mass is 9.68. The second-order valence-corrected chi connectivity index (χ2v) is 12.2. The number of hydrogen-bond donors (Lipinski definition) is 5. The normalized spacial score (nSPS) is 34.1. The van der Waals surface area contributed by atoms with Crippen molar-refractivity contribution in [2.45, 2.75) is 68.0 Å². The number of phenolic OH excluding ortho intramolecular Hbond substituents is 2. The first-order valence-corrected chi connectivity index (χ1v) is 13.7. The highest BCUT2D eigenvalue weighted by Crippen LogP contribution is 2.55. The molecular weight excluding hydrogens is 566 g/mol. The molecule has 6 rings (SSSR count). The molecule has 4 aliphatic rings. The van der Waals surface area contributed by atoms with Crippen LogP contribution in [0.3, 0.4) is 0 Å². The summed E-state index contributed by atoms with van der Waals surface area (Å²) in [6, 6.07) is 1.58. The molecule has 2 aliphatic carbocycles. The number of carbonyl (C=O) groups is 3. The number of aromatic hydroxyl groups is 2. The molecule has 0 amide bonds. The minimum Gasteiger partial charge on any atom is -0.507 e. The molecule has 1 saturated heterocycles. The highest BCUT2D eigenvalue weighted by molar-refractivity contribution is 6.31. The Kier molecular flexibility index (Phi) is 6.48. The fourth-order valence-electron chi connectivity index (χ4n) is 7.24. The van der Waals surface area contributed by atoms with Crippen LogP contribution in [0.5, 0.6) is 17.2 Å². The van der Waals surface area contributed by atoms with Gasteiger partial charge in [0.25, 0.3) is 0 Å². The van der Waals surface area contributed by atoms with Gasteiger partial charge < -0.3 is 49.4 Å². The van der Waals surface area contributed by atoms with Crippen molar-refractivity contribution in [3.63, 3.8) is 0 Å². The van der Waals surface area contributed by atoms with E-state index in [-0.39, 0.29) is 40.0 Å². The number of nitrogens with zero attached hydrogens (tertiary/aromatic N) is 1. The Bertz CT molecular complexity index is 1600. The van der Waals surface area contributed by atoms with E-state index in [2.05, 4.69) is 0 Å². The smallest absolute Gasteiger partial charge is 0.316 e. The van der Waals surface area contributed by atoms with Gasteiger partial charge in [-0.3, -0.25) is 14.4 Å². The van der Waals surface area contributed by atoms with Gasteiger partial charge in [-0.15, -0.1) is 0 Å². The number of methoxy groups -OCH3 is 2. The number of likely N-dealkylation sites (N-methyl/N-ethyl adjacent to an activating group) is 1. The van der Waals surface area contributed by atoms with Crippen LogP contribution in [0.2, 0.25) is 0 Å². The minimum atomic E-state index is -1.71. The van der Waals surface area contributed by atoms with Crippen LogP contribution in [-0.2, 0) is 24.6 Å². The third kappa shape index (κ3) is 3.76. The van der Waals surface area contributed by atoms with Crippen LogP contribution in [0.15, 0.2) is 12.1 Å². The Labute approximate surface area is 246 Å². The molecule has 0 saturated carbocycles. The number of ether oxygens (including phenoxy) is 4. The molecule has 1 unspecified atom stereocenters. The lowest BCUT2D eigenvalue weighted by Crippen LogP contribution is -2.68. The van der Waals surface area contributed by atoms with Crippen LogP contribution in [0.25, 0.3) is 0 Å². The van der Waals surface area contributed by atoms with Gasteiger partial charge >= 0.3 is 5.97 Å². The second-order valence-electron chi connectivity index (χ2n) is 12.2. The molecule has 13 nitrogen and oxygen atoms in total. The van der Waals surface area contributed by atoms with E-state index in [1.807, 2.05) is 0 Å². The molecule has 2 aromatic rings. The van der Waals surface area contributed by atoms with E-state index < -0.39 is 87.9 Å². The van der Waals surface area contributed by atoms with E-state index in [1.165, 1.54) is 33.1 Å². The molecule has 8 atom stereocenters. The van der Waals surface area contributed by atoms with Crippen LogP contribution in [-0.4, -0.2) is 106 Å². The van der Waals surface area contributed by atoms with Crippen LogP contribution < -0.4 is 4.74 Å². The summed E-state index contributed by atoms with van der Waals surface area (Å²) in [6.07, 6.45) is -5.13. The maximum atomic E-state index is 14.3. The van der Waals surface area contributed by atoms with E-state index in [0.29, 0.717) is 0 Å². The molecule has 2 bridgehead atoms. The van der Waals surface area contributed by atoms with Gasteiger partial charge in [0.05, 0.1) is 41.5 Å². The van der Waals surface area contributed by atoms with Crippen molar-refractivity contribution in [1.29, 1.82) is 0 Å². The first-order chi connectivity index (χ1) is 20.1. The lowest BCUT2D eigenvalue weighted by Gasteiger charge is -2.53. The van der Waals surface area contributed by atoms with Crippen molar-refractivity contribution in [2.24, 2.45) is 0 Å². The SMILES string of the molecule is COC(=O)C1c2cc3c(c(O)c2[C@H](OC)C[C@@]1(C)O)C(=O)c1c(O)cc2c(c1C3=O)O[C@@H]1O[C@]2(C)[C@H](O)[C@H](N(C)C)[C@@H]1O. The van der Waals surface area contributed by atoms with Gasteiger partial charge in [0, 0.05) is 30.2 Å². The molecule has 230 valence electrons. The standard InChI is InChI=1S/C30H33NO12/c1-29(39)9-14(40-5)15-10(19(29)27(38)41-6)7-11-16(22(15)34)23(35)17-13(32)8-12-25(18(17)21(11)33)42-28-24(36)20(31(3)4)26(37)30(12,2)43-28/h7-8,14,19-20,24,26,28,32,34,36-37,39H,9H2,1-6H3/t14-,19?,20-,24+,26-,28-,29-,30+/m1/s1. The monoisotopic (exact) mass is 599 g/mol. The van der Waals surface area contributed by atoms with E-state index in [0.717, 1.165) is 7.11 Å². The highest BCUT2D eigenvalue weighted by Gasteiger charge is 2.59. The van der Waals surface area contributed by atoms with Crippen molar-refractivity contribution in [3.05, 3.63) is 51.1 Å². The van der Waals surface area contributed by atoms with Crippen LogP contribution >= 0.6 is 0 Å². The van der Waals surface area contributed by atoms with Crippen LogP contribution in [0.1, 0.15) is 80.8 Å². The summed E-state index contributed by atoms with van der Waals surface area (Å²) in [6.45, 7) is 2.93. The number of hydrogen-bond acceptors (Lipinski definition) is 13. The number of carbonyl (C=O) groups excluding carboxylic acids is 3. The Morgan fingerprint density at radius 3 is 2.33 bits per heavy atom. The average Bonchev–Trinajstić information content (AvgIpc) is 2.93. The fraction of sp³-hybridized carbons (Fsp3) is 0.500. The molecule has 0 aromatic heterocycles. The third-order valence-corrected chi connectivity index (χ3v) is 9.37. The number of phenols is 2. The maximum absolute atomic E-state index is 14.3. The molecule has 5 N–H and O–H groups in total. The molecular formula is C30H33NO12. The quantitative estimate of drug-likeness (QED) is 0.263. The van der Waals surface area contributed by atoms with E-state index in [4.69, 9.17) is 18.9 Å². The Morgan fingerprint density at radius 2 is 1.72 bits per heavy atom. The maximum Gasteiger partial charge on any atom is 0.316 e. The van der Waals surface area contributed by atoms with Crippen molar-refractivity contribution in [1.82, 2.24) is 4.90 Å². The summed E-state index contributed by atoms with van der Waals surface area (Å²) in [5.41, 5.74) is -4.63. The Balaban J connectivity index is 1.61. The topological polar surface area (TPSA) is 193 Å². The number of aliphatic hydroxyl groups is 3. The molecule has 2 heterocycles. The van der Waals surface area contributed by atoms with Crippen molar-refractivity contribution < 1.29 is 58.9 Å². The van der Waals surface area contributed by atoms with Gasteiger partial charge in [0.1, 0.15) is 41.0 Å². The van der Waals surface area contributed by atoms with Crippen molar-refractivity contribution in [2.75, 3.05) is 28.3 Å². The molecule has 0 spiro atoms. The predicted octanol–water partition coefficient (Wildman–Crippen LogP) is 0.588. The van der Waals surface area contributed by atoms with Gasteiger partial charge in [-0.2, -0.15) is 0 Å². The zero-order chi connectivity index (χ0) is 31.5. The van der Waals surface area contributed by atoms with Gasteiger partial charge in [-0.25, -0.2) is 0 Å². The lowest BCUT2D eigenvalue weighted by molar-refractivity contribution is -0.311. The summed E-state index contributed by atoms with van der Waals surface area (Å²) in [5.74, 6) is -5.32. The third-order valence-electron chi connectivity index (χ3n) is 9.37. The summed E-state index contributed by atoms with van der Waals surface area (Å²) in [7, 11) is 5.79. The first kappa shape index (κ1) is 29.5. The van der Waals surface area contributed by atoms with E-state index in [1.54, 1.807) is 19.0 Å².